The SMILES string of the molecule is Nc1ncncc1-c1ccnc2c1cnn2-c1c(F)c(F)cc(F)c1F. The molecule has 26 heavy (non-hydrogen) atoms. The molecule has 0 spiro atoms. The number of hydrogen-bond donors (Lipinski definition) is 1. The summed E-state index contributed by atoms with van der Waals surface area (Å²) in [5.41, 5.74) is 5.76. The van der Waals surface area contributed by atoms with Crippen molar-refractivity contribution in [2.45, 2.75) is 0 Å². The minimum atomic E-state index is -1.58. The lowest BCUT2D eigenvalue weighted by Crippen LogP contribution is -2.08. The molecule has 0 bridgehead atoms. The summed E-state index contributed by atoms with van der Waals surface area (Å²) in [5, 5.41) is 4.19. The summed E-state index contributed by atoms with van der Waals surface area (Å²) in [6.07, 6.45) is 5.32. The van der Waals surface area contributed by atoms with Crippen molar-refractivity contribution < 1.29 is 17.6 Å². The summed E-state index contributed by atoms with van der Waals surface area (Å²) in [6.45, 7) is 0. The van der Waals surface area contributed by atoms with Crippen molar-refractivity contribution in [2.24, 2.45) is 0 Å². The monoisotopic (exact) mass is 360 g/mol. The number of anilines is 1. The van der Waals surface area contributed by atoms with Gasteiger partial charge in [0.05, 0.1) is 6.20 Å². The maximum atomic E-state index is 14.1. The van der Waals surface area contributed by atoms with Gasteiger partial charge in [0.25, 0.3) is 0 Å². The zero-order chi connectivity index (χ0) is 18.4. The number of nitrogen functional groups attached to an aromatic ring is 1. The number of benzene rings is 1. The Hall–Kier alpha value is -3.56. The van der Waals surface area contributed by atoms with Crippen LogP contribution in [0.25, 0.3) is 27.8 Å². The lowest BCUT2D eigenvalue weighted by Gasteiger charge is -2.09. The highest BCUT2D eigenvalue weighted by Gasteiger charge is 2.24. The molecule has 0 radical (unpaired) electrons. The van der Waals surface area contributed by atoms with Crippen molar-refractivity contribution >= 4 is 16.9 Å². The van der Waals surface area contributed by atoms with Crippen LogP contribution in [0.5, 0.6) is 0 Å². The van der Waals surface area contributed by atoms with Gasteiger partial charge in [-0.3, -0.25) is 0 Å². The van der Waals surface area contributed by atoms with Gasteiger partial charge in [0, 0.05) is 35.0 Å². The Morgan fingerprint density at radius 3 is 2.35 bits per heavy atom. The van der Waals surface area contributed by atoms with Gasteiger partial charge in [0.2, 0.25) is 0 Å². The van der Waals surface area contributed by atoms with E-state index in [9.17, 15) is 17.6 Å². The van der Waals surface area contributed by atoms with Crippen LogP contribution in [0.3, 0.4) is 0 Å². The summed E-state index contributed by atoms with van der Waals surface area (Å²) >= 11 is 0. The molecule has 0 atom stereocenters. The third-order valence-corrected chi connectivity index (χ3v) is 3.81. The second-order valence-electron chi connectivity index (χ2n) is 5.29. The minimum absolute atomic E-state index is 0.0199. The summed E-state index contributed by atoms with van der Waals surface area (Å²) in [4.78, 5) is 11.8. The van der Waals surface area contributed by atoms with Crippen molar-refractivity contribution in [1.29, 1.82) is 0 Å². The number of nitrogens with two attached hydrogens (primary N) is 1. The number of halogens is 4. The number of hydrogen-bond acceptors (Lipinski definition) is 5. The Labute approximate surface area is 142 Å². The lowest BCUT2D eigenvalue weighted by molar-refractivity contribution is 0.445. The van der Waals surface area contributed by atoms with Gasteiger partial charge in [-0.15, -0.1) is 0 Å². The Balaban J connectivity index is 2.02. The molecule has 1 aromatic carbocycles. The van der Waals surface area contributed by atoms with Gasteiger partial charge >= 0.3 is 0 Å². The Kier molecular flexibility index (Phi) is 3.53. The number of fused-ring (bicyclic) bond motifs is 1. The number of nitrogens with zero attached hydrogens (tertiary/aromatic N) is 5. The van der Waals surface area contributed by atoms with Gasteiger partial charge in [-0.05, 0) is 6.07 Å². The second kappa shape index (κ2) is 5.76. The van der Waals surface area contributed by atoms with Crippen LogP contribution >= 0.6 is 0 Å². The van der Waals surface area contributed by atoms with E-state index in [0.717, 1.165) is 0 Å². The normalized spacial score (nSPS) is 11.2. The first-order chi connectivity index (χ1) is 12.5. The summed E-state index contributed by atoms with van der Waals surface area (Å²) in [6, 6.07) is 1.71. The van der Waals surface area contributed by atoms with Gasteiger partial charge < -0.3 is 5.73 Å². The first-order valence-corrected chi connectivity index (χ1v) is 7.21. The van der Waals surface area contributed by atoms with Crippen LogP contribution in [0.4, 0.5) is 23.4 Å². The van der Waals surface area contributed by atoms with Crippen molar-refractivity contribution in [2.75, 3.05) is 5.73 Å². The van der Waals surface area contributed by atoms with E-state index in [1.807, 2.05) is 0 Å². The van der Waals surface area contributed by atoms with Crippen molar-refractivity contribution in [3.63, 3.8) is 0 Å². The van der Waals surface area contributed by atoms with Crippen LogP contribution in [-0.4, -0.2) is 24.7 Å². The molecule has 0 unspecified atom stereocenters. The third-order valence-electron chi connectivity index (χ3n) is 3.81. The standard InChI is InChI=1S/C16H8F4N6/c17-10-3-11(18)13(20)14(12(10)19)26-16-9(5-25-26)7(1-2-23-16)8-4-22-6-24-15(8)21/h1-6H,(H2,21,22,24). The molecule has 0 aliphatic heterocycles. The highest BCUT2D eigenvalue weighted by Crippen LogP contribution is 2.32. The van der Waals surface area contributed by atoms with Gasteiger partial charge in [0.15, 0.2) is 28.9 Å². The van der Waals surface area contributed by atoms with E-state index < -0.39 is 29.0 Å². The van der Waals surface area contributed by atoms with Crippen LogP contribution in [-0.2, 0) is 0 Å². The van der Waals surface area contributed by atoms with Gasteiger partial charge in [-0.2, -0.15) is 5.10 Å². The smallest absolute Gasteiger partial charge is 0.187 e. The Bertz CT molecular complexity index is 1130. The molecule has 2 N–H and O–H groups in total. The first-order valence-electron chi connectivity index (χ1n) is 7.21. The minimum Gasteiger partial charge on any atom is -0.383 e. The molecule has 10 heteroatoms. The van der Waals surface area contributed by atoms with Crippen molar-refractivity contribution in [1.82, 2.24) is 24.7 Å². The largest absolute Gasteiger partial charge is 0.383 e. The van der Waals surface area contributed by atoms with E-state index in [1.54, 1.807) is 6.07 Å². The third kappa shape index (κ3) is 2.26. The first kappa shape index (κ1) is 15.9. The van der Waals surface area contributed by atoms with E-state index in [2.05, 4.69) is 20.1 Å². The highest BCUT2D eigenvalue weighted by molar-refractivity contribution is 5.95. The van der Waals surface area contributed by atoms with Crippen LogP contribution in [0.2, 0.25) is 0 Å². The van der Waals surface area contributed by atoms with Crippen molar-refractivity contribution in [3.8, 4) is 16.8 Å². The molecule has 0 saturated heterocycles. The summed E-state index contributed by atoms with van der Waals surface area (Å²) < 4.78 is 56.0. The Morgan fingerprint density at radius 2 is 1.65 bits per heavy atom. The Morgan fingerprint density at radius 1 is 0.923 bits per heavy atom. The molecule has 6 nitrogen and oxygen atoms in total. The molecular weight excluding hydrogens is 352 g/mol. The molecule has 3 heterocycles. The average molecular weight is 360 g/mol. The molecule has 130 valence electrons. The molecule has 0 fully saturated rings. The maximum absolute atomic E-state index is 14.1. The molecule has 4 aromatic rings. The second-order valence-corrected chi connectivity index (χ2v) is 5.29. The molecular formula is C16H8F4N6. The fourth-order valence-corrected chi connectivity index (χ4v) is 2.62. The van der Waals surface area contributed by atoms with E-state index >= 15 is 0 Å². The zero-order valence-corrected chi connectivity index (χ0v) is 12.8. The summed E-state index contributed by atoms with van der Waals surface area (Å²) in [5.74, 6) is -6.07. The van der Waals surface area contributed by atoms with Gasteiger partial charge in [-0.1, -0.05) is 0 Å². The molecule has 0 aliphatic carbocycles. The average Bonchev–Trinajstić information content (AvgIpc) is 3.05. The number of rotatable bonds is 2. The molecule has 0 saturated carbocycles. The lowest BCUT2D eigenvalue weighted by atomic mass is 10.1. The highest BCUT2D eigenvalue weighted by atomic mass is 19.2. The predicted octanol–water partition coefficient (Wildman–Crippen LogP) is 3.02. The topological polar surface area (TPSA) is 82.5 Å². The van der Waals surface area contributed by atoms with Gasteiger partial charge in [-0.25, -0.2) is 37.2 Å². The number of pyridine rings is 1. The van der Waals surface area contributed by atoms with Crippen molar-refractivity contribution in [3.05, 3.63) is 60.3 Å². The summed E-state index contributed by atoms with van der Waals surface area (Å²) in [7, 11) is 0. The predicted molar refractivity (Wildman–Crippen MR) is 84.1 cm³/mol. The molecule has 0 amide bonds. The fraction of sp³-hybridized carbons (Fsp3) is 0. The molecule has 3 aromatic heterocycles. The van der Waals surface area contributed by atoms with Crippen LogP contribution < -0.4 is 5.73 Å². The molecule has 4 rings (SSSR count). The van der Waals surface area contributed by atoms with Crippen LogP contribution in [0.15, 0.2) is 37.1 Å². The zero-order valence-electron chi connectivity index (χ0n) is 12.8. The van der Waals surface area contributed by atoms with E-state index in [0.29, 0.717) is 21.2 Å². The van der Waals surface area contributed by atoms with Gasteiger partial charge in [0.1, 0.15) is 17.8 Å². The molecule has 0 aliphatic rings. The quantitative estimate of drug-likeness (QED) is 0.439. The van der Waals surface area contributed by atoms with E-state index in [1.165, 1.54) is 24.9 Å². The van der Waals surface area contributed by atoms with E-state index in [4.69, 9.17) is 5.73 Å². The van der Waals surface area contributed by atoms with Crippen LogP contribution in [0, 0.1) is 23.3 Å². The van der Waals surface area contributed by atoms with Crippen LogP contribution in [0.1, 0.15) is 0 Å². The van der Waals surface area contributed by atoms with E-state index in [-0.39, 0.29) is 17.5 Å². The maximum Gasteiger partial charge on any atom is 0.187 e. The fourth-order valence-electron chi connectivity index (χ4n) is 2.62. The number of aromatic nitrogens is 5.